The van der Waals surface area contributed by atoms with Crippen molar-refractivity contribution in [3.63, 3.8) is 0 Å². The van der Waals surface area contributed by atoms with Crippen molar-refractivity contribution in [1.82, 2.24) is 19.9 Å². The first-order chi connectivity index (χ1) is 19.1. The van der Waals surface area contributed by atoms with Crippen LogP contribution in [0.25, 0.3) is 0 Å². The van der Waals surface area contributed by atoms with Gasteiger partial charge in [-0.2, -0.15) is 18.4 Å². The molecular formula is C26H29F4N7O3S. The minimum atomic E-state index is -4.75. The molecule has 0 aliphatic carbocycles. The van der Waals surface area contributed by atoms with Crippen LogP contribution in [0.3, 0.4) is 0 Å². The Morgan fingerprint density at radius 3 is 2.39 bits per heavy atom. The van der Waals surface area contributed by atoms with Crippen LogP contribution in [-0.4, -0.2) is 83.1 Å². The summed E-state index contributed by atoms with van der Waals surface area (Å²) in [6.45, 7) is 6.79. The summed E-state index contributed by atoms with van der Waals surface area (Å²) < 4.78 is 77.7. The van der Waals surface area contributed by atoms with Crippen molar-refractivity contribution in [2.75, 3.05) is 41.9 Å². The maximum Gasteiger partial charge on any atom is 0.417 e. The molecule has 0 N–H and O–H groups in total. The van der Waals surface area contributed by atoms with E-state index in [1.54, 1.807) is 11.8 Å². The monoisotopic (exact) mass is 595 g/mol. The van der Waals surface area contributed by atoms with Gasteiger partial charge in [-0.25, -0.2) is 27.8 Å². The molecule has 2 aromatic rings. The van der Waals surface area contributed by atoms with Crippen LogP contribution < -0.4 is 9.80 Å². The molecule has 1 unspecified atom stereocenters. The lowest BCUT2D eigenvalue weighted by atomic mass is 9.87. The second kappa shape index (κ2) is 9.50. The zero-order valence-electron chi connectivity index (χ0n) is 22.9. The summed E-state index contributed by atoms with van der Waals surface area (Å²) in [7, 11) is -3.86. The molecule has 2 saturated heterocycles. The quantitative estimate of drug-likeness (QED) is 0.491. The first-order valence-electron chi connectivity index (χ1n) is 13.0. The Bertz CT molecular complexity index is 1560. The SMILES string of the molecule is C[C@@H]1CN(c2ncnc3c2C(C)(C)CN3c2cc(C(F)(F)F)c(C#N)cn2)[C@@H](C)CN1C(=O)C1(CF)CCS1(=O)=O. The molecule has 220 valence electrons. The maximum atomic E-state index is 14.0. The van der Waals surface area contributed by atoms with E-state index in [4.69, 9.17) is 5.26 Å². The molecule has 1 amide bonds. The molecule has 2 aromatic heterocycles. The normalized spacial score (nSPS) is 26.8. The Balaban J connectivity index is 1.49. The molecular weight excluding hydrogens is 566 g/mol. The molecule has 0 aromatic carbocycles. The largest absolute Gasteiger partial charge is 0.417 e. The number of hydrogen-bond donors (Lipinski definition) is 0. The minimum Gasteiger partial charge on any atom is -0.350 e. The summed E-state index contributed by atoms with van der Waals surface area (Å²) in [5.74, 6) is -0.0420. The second-order valence-electron chi connectivity index (χ2n) is 11.6. The molecule has 0 saturated carbocycles. The molecule has 2 fully saturated rings. The molecule has 5 heterocycles. The van der Waals surface area contributed by atoms with Crippen LogP contribution >= 0.6 is 0 Å². The van der Waals surface area contributed by atoms with E-state index < -0.39 is 55.9 Å². The molecule has 3 aliphatic rings. The third kappa shape index (κ3) is 4.38. The van der Waals surface area contributed by atoms with E-state index in [-0.39, 0.29) is 43.7 Å². The number of rotatable bonds is 4. The van der Waals surface area contributed by atoms with Gasteiger partial charge in [-0.15, -0.1) is 0 Å². The summed E-state index contributed by atoms with van der Waals surface area (Å²) in [4.78, 5) is 31.4. The van der Waals surface area contributed by atoms with Gasteiger partial charge in [-0.1, -0.05) is 13.8 Å². The topological polar surface area (TPSA) is 123 Å². The lowest BCUT2D eigenvalue weighted by Crippen LogP contribution is -2.68. The van der Waals surface area contributed by atoms with Gasteiger partial charge in [0.2, 0.25) is 5.91 Å². The Kier molecular flexibility index (Phi) is 6.71. The van der Waals surface area contributed by atoms with E-state index in [2.05, 4.69) is 15.0 Å². The molecule has 3 atom stereocenters. The van der Waals surface area contributed by atoms with Crippen LogP contribution in [-0.2, 0) is 26.2 Å². The van der Waals surface area contributed by atoms with Crippen molar-refractivity contribution in [2.45, 2.75) is 62.5 Å². The van der Waals surface area contributed by atoms with Crippen LogP contribution in [0.5, 0.6) is 0 Å². The van der Waals surface area contributed by atoms with E-state index >= 15 is 0 Å². The fourth-order valence-corrected chi connectivity index (χ4v) is 7.56. The van der Waals surface area contributed by atoms with Crippen molar-refractivity contribution in [3.8, 4) is 6.07 Å². The molecule has 3 aliphatic heterocycles. The number of alkyl halides is 4. The molecule has 0 spiro atoms. The summed E-state index contributed by atoms with van der Waals surface area (Å²) in [5.41, 5.74) is -1.62. The van der Waals surface area contributed by atoms with Crippen molar-refractivity contribution in [1.29, 1.82) is 5.26 Å². The molecule has 15 heteroatoms. The highest BCUT2D eigenvalue weighted by Crippen LogP contribution is 2.48. The van der Waals surface area contributed by atoms with Gasteiger partial charge in [0.1, 0.15) is 36.5 Å². The van der Waals surface area contributed by atoms with Crippen LogP contribution in [0.15, 0.2) is 18.6 Å². The lowest BCUT2D eigenvalue weighted by molar-refractivity contribution is -0.138. The number of piperazine rings is 1. The number of nitrogens with zero attached hydrogens (tertiary/aromatic N) is 7. The summed E-state index contributed by atoms with van der Waals surface area (Å²) in [6.07, 6.45) is -2.59. The third-order valence-corrected chi connectivity index (χ3v) is 10.8. The van der Waals surface area contributed by atoms with E-state index in [0.717, 1.165) is 12.3 Å². The number of hydrogen-bond acceptors (Lipinski definition) is 9. The van der Waals surface area contributed by atoms with Crippen molar-refractivity contribution in [2.24, 2.45) is 0 Å². The lowest BCUT2D eigenvalue weighted by Gasteiger charge is -2.49. The summed E-state index contributed by atoms with van der Waals surface area (Å²) in [5, 5.41) is 9.16. The van der Waals surface area contributed by atoms with Crippen LogP contribution in [0.4, 0.5) is 35.0 Å². The molecule has 41 heavy (non-hydrogen) atoms. The van der Waals surface area contributed by atoms with Gasteiger partial charge in [-0.3, -0.25) is 4.79 Å². The Morgan fingerprint density at radius 2 is 1.83 bits per heavy atom. The summed E-state index contributed by atoms with van der Waals surface area (Å²) in [6, 6.07) is 1.56. The van der Waals surface area contributed by atoms with E-state index in [9.17, 15) is 30.8 Å². The first-order valence-corrected chi connectivity index (χ1v) is 14.7. The highest BCUT2D eigenvalue weighted by Gasteiger charge is 2.60. The van der Waals surface area contributed by atoms with Gasteiger partial charge in [0.05, 0.1) is 16.9 Å². The fourth-order valence-electron chi connectivity index (χ4n) is 5.98. The van der Waals surface area contributed by atoms with Gasteiger partial charge in [0, 0.05) is 48.9 Å². The number of aromatic nitrogens is 3. The highest BCUT2D eigenvalue weighted by atomic mass is 32.2. The number of nitriles is 1. The van der Waals surface area contributed by atoms with Crippen molar-refractivity contribution < 1.29 is 30.8 Å². The minimum absolute atomic E-state index is 0.0112. The number of carbonyl (C=O) groups is 1. The number of amides is 1. The van der Waals surface area contributed by atoms with E-state index in [0.29, 0.717) is 17.2 Å². The Labute approximate surface area is 234 Å². The number of anilines is 3. The Morgan fingerprint density at radius 1 is 1.15 bits per heavy atom. The average Bonchev–Trinajstić information content (AvgIpc) is 3.19. The highest BCUT2D eigenvalue weighted by molar-refractivity contribution is 7.95. The number of carbonyl (C=O) groups excluding carboxylic acids is 1. The molecule has 0 radical (unpaired) electrons. The Hall–Kier alpha value is -3.54. The molecule has 0 bridgehead atoms. The predicted molar refractivity (Wildman–Crippen MR) is 141 cm³/mol. The smallest absolute Gasteiger partial charge is 0.350 e. The van der Waals surface area contributed by atoms with Crippen molar-refractivity contribution >= 4 is 33.2 Å². The molecule has 10 nitrogen and oxygen atoms in total. The van der Waals surface area contributed by atoms with Gasteiger partial charge >= 0.3 is 6.18 Å². The van der Waals surface area contributed by atoms with Crippen molar-refractivity contribution in [3.05, 3.63) is 35.3 Å². The average molecular weight is 596 g/mol. The van der Waals surface area contributed by atoms with Gasteiger partial charge in [0.25, 0.3) is 0 Å². The van der Waals surface area contributed by atoms with Crippen LogP contribution in [0.1, 0.15) is 50.8 Å². The fraction of sp³-hybridized carbons (Fsp3) is 0.577. The van der Waals surface area contributed by atoms with Crippen LogP contribution in [0, 0.1) is 11.3 Å². The number of halogens is 4. The summed E-state index contributed by atoms with van der Waals surface area (Å²) >= 11 is 0. The zero-order valence-corrected chi connectivity index (χ0v) is 23.7. The number of sulfone groups is 1. The number of pyridine rings is 1. The van der Waals surface area contributed by atoms with E-state index in [1.165, 1.54) is 17.3 Å². The second-order valence-corrected chi connectivity index (χ2v) is 14.0. The van der Waals surface area contributed by atoms with Gasteiger partial charge < -0.3 is 14.7 Å². The van der Waals surface area contributed by atoms with E-state index in [1.807, 2.05) is 25.7 Å². The standard InChI is InChI=1S/C26H29F4N7O3S/c1-15-11-36(23(38)25(12-27)5-6-41(25,39)40)16(2)10-35(15)21-20-22(34-14-33-21)37(13-24(20,3)4)19-7-18(26(28,29)30)17(8-31)9-32-19/h7,9,14-16H,5-6,10-13H2,1-4H3/t15-,16+,25?/m0/s1. The van der Waals surface area contributed by atoms with Gasteiger partial charge in [-0.05, 0) is 26.3 Å². The first kappa shape index (κ1) is 29.0. The zero-order chi connectivity index (χ0) is 30.1. The number of fused-ring (bicyclic) bond motifs is 1. The van der Waals surface area contributed by atoms with Crippen LogP contribution in [0.2, 0.25) is 0 Å². The molecule has 5 rings (SSSR count). The van der Waals surface area contributed by atoms with Gasteiger partial charge in [0.15, 0.2) is 14.6 Å². The maximum absolute atomic E-state index is 14.0. The third-order valence-electron chi connectivity index (χ3n) is 8.38. The predicted octanol–water partition coefficient (Wildman–Crippen LogP) is 3.14.